The minimum atomic E-state index is -3.83. The maximum absolute atomic E-state index is 14.0. The molecular weight excluding hydrogens is 433 g/mol. The Kier molecular flexibility index (Phi) is 5.85. The highest BCUT2D eigenvalue weighted by molar-refractivity contribution is 7.96. The first-order chi connectivity index (χ1) is 15.3. The Bertz CT molecular complexity index is 1140. The van der Waals surface area contributed by atoms with Crippen molar-refractivity contribution in [2.75, 3.05) is 17.9 Å². The van der Waals surface area contributed by atoms with Crippen molar-refractivity contribution in [2.24, 2.45) is 0 Å². The van der Waals surface area contributed by atoms with E-state index in [0.29, 0.717) is 25.1 Å². The summed E-state index contributed by atoms with van der Waals surface area (Å²) in [5.74, 6) is -0.513. The molecule has 0 saturated carbocycles. The summed E-state index contributed by atoms with van der Waals surface area (Å²) < 4.78 is 46.9. The Labute approximate surface area is 187 Å². The highest BCUT2D eigenvalue weighted by Gasteiger charge is 2.55. The fourth-order valence-corrected chi connectivity index (χ4v) is 6.58. The second-order valence-electron chi connectivity index (χ2n) is 8.14. The minimum Gasteiger partial charge on any atom is -0.445 e. The minimum absolute atomic E-state index is 0.166. The zero-order chi connectivity index (χ0) is 22.9. The Balaban J connectivity index is 1.58. The molecule has 2 aromatic carbocycles. The van der Waals surface area contributed by atoms with Gasteiger partial charge in [0, 0.05) is 19.6 Å². The molecule has 0 aromatic heterocycles. The maximum Gasteiger partial charge on any atom is 0.410 e. The van der Waals surface area contributed by atoms with Crippen LogP contribution < -0.4 is 9.62 Å². The van der Waals surface area contributed by atoms with E-state index in [0.717, 1.165) is 5.56 Å². The molecule has 2 aliphatic rings. The molecule has 1 unspecified atom stereocenters. The Hall–Kier alpha value is -3.07. The van der Waals surface area contributed by atoms with E-state index in [9.17, 15) is 17.6 Å². The van der Waals surface area contributed by atoms with Crippen LogP contribution in [0.2, 0.25) is 0 Å². The van der Waals surface area contributed by atoms with Crippen molar-refractivity contribution >= 4 is 21.8 Å². The molecule has 1 spiro atoms. The molecule has 0 radical (unpaired) electrons. The van der Waals surface area contributed by atoms with Crippen molar-refractivity contribution in [3.05, 3.63) is 77.1 Å². The standard InChI is InChI=1S/C23H26FN3O4S/c1-17-14-23(11-12-26(17)22(28)31-15-18-7-4-3-5-8-18)21(25-2)16-32(29,30)27(23)20-10-6-9-19(24)13-20/h3-10,13,16-17,25H,11-12,14-15H2,1-2H3/t17?,23-/m0/s1. The van der Waals surface area contributed by atoms with Crippen molar-refractivity contribution < 1.29 is 22.3 Å². The monoisotopic (exact) mass is 459 g/mol. The molecule has 1 amide bonds. The van der Waals surface area contributed by atoms with E-state index in [1.165, 1.54) is 27.9 Å². The lowest BCUT2D eigenvalue weighted by atomic mass is 9.81. The smallest absolute Gasteiger partial charge is 0.410 e. The lowest BCUT2D eigenvalue weighted by Crippen LogP contribution is -2.60. The third kappa shape index (κ3) is 3.92. The van der Waals surface area contributed by atoms with Crippen LogP contribution in [0.15, 0.2) is 65.7 Å². The van der Waals surface area contributed by atoms with Crippen molar-refractivity contribution in [1.29, 1.82) is 0 Å². The molecule has 1 fully saturated rings. The molecule has 7 nitrogen and oxygen atoms in total. The molecule has 1 saturated heterocycles. The summed E-state index contributed by atoms with van der Waals surface area (Å²) in [5, 5.41) is 4.22. The van der Waals surface area contributed by atoms with E-state index in [1.807, 2.05) is 37.3 Å². The van der Waals surface area contributed by atoms with Gasteiger partial charge >= 0.3 is 6.09 Å². The molecule has 4 rings (SSSR count). The number of carbonyl (C=O) groups excluding carboxylic acids is 1. The Morgan fingerprint density at radius 1 is 1.22 bits per heavy atom. The van der Waals surface area contributed by atoms with Gasteiger partial charge in [0.2, 0.25) is 0 Å². The molecule has 170 valence electrons. The van der Waals surface area contributed by atoms with Gasteiger partial charge in [-0.05, 0) is 43.5 Å². The molecule has 32 heavy (non-hydrogen) atoms. The summed E-state index contributed by atoms with van der Waals surface area (Å²) in [4.78, 5) is 14.4. The van der Waals surface area contributed by atoms with Crippen LogP contribution in [0.5, 0.6) is 0 Å². The van der Waals surface area contributed by atoms with Crippen LogP contribution in [0.3, 0.4) is 0 Å². The summed E-state index contributed by atoms with van der Waals surface area (Å²) in [5.41, 5.74) is 0.753. The van der Waals surface area contributed by atoms with E-state index < -0.39 is 27.5 Å². The normalized spacial score (nSPS) is 24.3. The zero-order valence-corrected chi connectivity index (χ0v) is 18.8. The molecule has 0 bridgehead atoms. The van der Waals surface area contributed by atoms with Gasteiger partial charge in [0.1, 0.15) is 12.4 Å². The predicted molar refractivity (Wildman–Crippen MR) is 120 cm³/mol. The van der Waals surface area contributed by atoms with Crippen LogP contribution >= 0.6 is 0 Å². The van der Waals surface area contributed by atoms with Crippen LogP contribution in [0.1, 0.15) is 25.3 Å². The number of carbonyl (C=O) groups is 1. The quantitative estimate of drug-likeness (QED) is 0.756. The van der Waals surface area contributed by atoms with Crippen LogP contribution in [0.25, 0.3) is 0 Å². The third-order valence-electron chi connectivity index (χ3n) is 6.09. The number of anilines is 1. The molecule has 1 N–H and O–H groups in total. The van der Waals surface area contributed by atoms with Crippen molar-refractivity contribution in [3.8, 4) is 0 Å². The van der Waals surface area contributed by atoms with E-state index in [4.69, 9.17) is 4.74 Å². The fourth-order valence-electron chi connectivity index (χ4n) is 4.68. The van der Waals surface area contributed by atoms with Gasteiger partial charge in [-0.1, -0.05) is 36.4 Å². The van der Waals surface area contributed by atoms with E-state index >= 15 is 0 Å². The Morgan fingerprint density at radius 2 is 1.97 bits per heavy atom. The number of nitrogens with one attached hydrogen (secondary N) is 1. The van der Waals surface area contributed by atoms with Crippen LogP contribution in [-0.4, -0.2) is 44.6 Å². The molecule has 2 atom stereocenters. The molecule has 2 aromatic rings. The topological polar surface area (TPSA) is 79.0 Å². The number of benzene rings is 2. The largest absolute Gasteiger partial charge is 0.445 e. The van der Waals surface area contributed by atoms with Crippen LogP contribution in [-0.2, 0) is 21.4 Å². The number of piperidine rings is 1. The number of rotatable bonds is 4. The summed E-state index contributed by atoms with van der Waals surface area (Å²) >= 11 is 0. The zero-order valence-electron chi connectivity index (χ0n) is 18.0. The maximum atomic E-state index is 14.0. The number of hydrogen-bond donors (Lipinski definition) is 1. The fraction of sp³-hybridized carbons (Fsp3) is 0.348. The average Bonchev–Trinajstić information content (AvgIpc) is 2.98. The van der Waals surface area contributed by atoms with Gasteiger partial charge in [0.05, 0.1) is 22.3 Å². The number of likely N-dealkylation sites (tertiary alicyclic amines) is 1. The lowest BCUT2D eigenvalue weighted by Gasteiger charge is -2.48. The first-order valence-electron chi connectivity index (χ1n) is 10.4. The van der Waals surface area contributed by atoms with Gasteiger partial charge in [0.15, 0.2) is 0 Å². The first kappa shape index (κ1) is 22.1. The molecule has 2 heterocycles. The first-order valence-corrected chi connectivity index (χ1v) is 12.0. The van der Waals surface area contributed by atoms with E-state index in [2.05, 4.69) is 5.32 Å². The second-order valence-corrected chi connectivity index (χ2v) is 9.77. The van der Waals surface area contributed by atoms with Gasteiger partial charge < -0.3 is 15.0 Å². The highest BCUT2D eigenvalue weighted by Crippen LogP contribution is 2.46. The van der Waals surface area contributed by atoms with Gasteiger partial charge in [-0.3, -0.25) is 4.31 Å². The predicted octanol–water partition coefficient (Wildman–Crippen LogP) is 3.60. The summed E-state index contributed by atoms with van der Waals surface area (Å²) in [6.07, 6.45) is 0.250. The summed E-state index contributed by atoms with van der Waals surface area (Å²) in [7, 11) is -2.16. The SMILES string of the molecule is CNC1=CS(=O)(=O)N(c2cccc(F)c2)[C@]12CCN(C(=O)OCc1ccccc1)C(C)C2. The van der Waals surface area contributed by atoms with Crippen LogP contribution in [0.4, 0.5) is 14.9 Å². The third-order valence-corrected chi connectivity index (χ3v) is 7.70. The lowest BCUT2D eigenvalue weighted by molar-refractivity contribution is 0.0613. The number of hydrogen-bond acceptors (Lipinski definition) is 5. The van der Waals surface area contributed by atoms with Crippen molar-refractivity contribution in [1.82, 2.24) is 10.2 Å². The Morgan fingerprint density at radius 3 is 2.62 bits per heavy atom. The second kappa shape index (κ2) is 8.46. The number of amides is 1. The molecule has 0 aliphatic carbocycles. The van der Waals surface area contributed by atoms with Crippen LogP contribution in [0, 0.1) is 5.82 Å². The summed E-state index contributed by atoms with van der Waals surface area (Å²) in [6.45, 7) is 2.33. The molecule has 2 aliphatic heterocycles. The molecule has 9 heteroatoms. The average molecular weight is 460 g/mol. The number of ether oxygens (including phenoxy) is 1. The van der Waals surface area contributed by atoms with Crippen molar-refractivity contribution in [2.45, 2.75) is 38.0 Å². The van der Waals surface area contributed by atoms with Gasteiger partial charge in [-0.2, -0.15) is 0 Å². The van der Waals surface area contributed by atoms with E-state index in [-0.39, 0.29) is 18.3 Å². The highest BCUT2D eigenvalue weighted by atomic mass is 32.2. The number of nitrogens with zero attached hydrogens (tertiary/aromatic N) is 2. The van der Waals surface area contributed by atoms with E-state index in [1.54, 1.807) is 18.0 Å². The number of sulfonamides is 1. The number of likely N-dealkylation sites (N-methyl/N-ethyl adjacent to an activating group) is 1. The van der Waals surface area contributed by atoms with Gasteiger partial charge in [0.25, 0.3) is 10.0 Å². The summed E-state index contributed by atoms with van der Waals surface area (Å²) in [6, 6.07) is 14.7. The van der Waals surface area contributed by atoms with Gasteiger partial charge in [-0.15, -0.1) is 0 Å². The molecular formula is C23H26FN3O4S. The van der Waals surface area contributed by atoms with Gasteiger partial charge in [-0.25, -0.2) is 17.6 Å². The van der Waals surface area contributed by atoms with Crippen molar-refractivity contribution in [3.63, 3.8) is 0 Å². The number of halogens is 1.